The Labute approximate surface area is 170 Å². The van der Waals surface area contributed by atoms with E-state index in [-0.39, 0.29) is 17.0 Å². The van der Waals surface area contributed by atoms with Crippen LogP contribution in [-0.2, 0) is 12.8 Å². The Morgan fingerprint density at radius 2 is 1.48 bits per heavy atom. The van der Waals surface area contributed by atoms with Crippen molar-refractivity contribution in [1.82, 2.24) is 4.90 Å². The highest BCUT2D eigenvalue weighted by atomic mass is 79.9. The summed E-state index contributed by atoms with van der Waals surface area (Å²) in [5.41, 5.74) is 6.21. The monoisotopic (exact) mass is 435 g/mol. The Hall–Kier alpha value is -1.92. The molecule has 0 amide bonds. The average Bonchev–Trinajstić information content (AvgIpc) is 2.68. The van der Waals surface area contributed by atoms with Crippen molar-refractivity contribution in [1.29, 1.82) is 0 Å². The van der Waals surface area contributed by atoms with Gasteiger partial charge in [0.05, 0.1) is 28.4 Å². The van der Waals surface area contributed by atoms with Crippen LogP contribution in [0.4, 0.5) is 0 Å². The molecule has 0 saturated carbocycles. The van der Waals surface area contributed by atoms with Crippen molar-refractivity contribution in [2.45, 2.75) is 18.9 Å². The van der Waals surface area contributed by atoms with Crippen molar-refractivity contribution < 1.29 is 18.9 Å². The number of likely N-dealkylation sites (N-methyl/N-ethyl adjacent to an activating group) is 1. The van der Waals surface area contributed by atoms with Crippen LogP contribution in [0.15, 0.2) is 18.2 Å². The molecule has 0 unspecified atom stereocenters. The van der Waals surface area contributed by atoms with Gasteiger partial charge in [0, 0.05) is 18.2 Å². The highest BCUT2D eigenvalue weighted by molar-refractivity contribution is 8.93. The van der Waals surface area contributed by atoms with Crippen molar-refractivity contribution in [2.24, 2.45) is 0 Å². The van der Waals surface area contributed by atoms with E-state index in [0.29, 0.717) is 6.04 Å². The fourth-order valence-corrected chi connectivity index (χ4v) is 4.38. The van der Waals surface area contributed by atoms with E-state index in [1.165, 1.54) is 16.7 Å². The predicted molar refractivity (Wildman–Crippen MR) is 111 cm³/mol. The third-order valence-corrected chi connectivity index (χ3v) is 5.69. The van der Waals surface area contributed by atoms with Gasteiger partial charge in [0.25, 0.3) is 0 Å². The topological polar surface area (TPSA) is 40.2 Å². The molecule has 146 valence electrons. The molecule has 27 heavy (non-hydrogen) atoms. The van der Waals surface area contributed by atoms with Gasteiger partial charge in [0.15, 0.2) is 23.0 Å². The first-order valence-corrected chi connectivity index (χ1v) is 8.86. The number of nitrogens with zero attached hydrogens (tertiary/aromatic N) is 1. The minimum absolute atomic E-state index is 0. The molecule has 0 saturated heterocycles. The number of halogens is 1. The first kappa shape index (κ1) is 19.8. The molecule has 1 aliphatic carbocycles. The third-order valence-electron chi connectivity index (χ3n) is 5.69. The molecule has 2 aromatic carbocycles. The maximum atomic E-state index is 5.81. The van der Waals surface area contributed by atoms with Crippen LogP contribution < -0.4 is 18.9 Å². The minimum Gasteiger partial charge on any atom is -0.493 e. The number of ether oxygens (including phenoxy) is 4. The summed E-state index contributed by atoms with van der Waals surface area (Å²) >= 11 is 0. The lowest BCUT2D eigenvalue weighted by Crippen LogP contribution is -2.35. The lowest BCUT2D eigenvalue weighted by Gasteiger charge is -2.40. The smallest absolute Gasteiger partial charge is 0.168 e. The molecule has 0 bridgehead atoms. The molecule has 0 fully saturated rings. The van der Waals surface area contributed by atoms with E-state index in [9.17, 15) is 0 Å². The van der Waals surface area contributed by atoms with Gasteiger partial charge in [0.1, 0.15) is 0 Å². The summed E-state index contributed by atoms with van der Waals surface area (Å²) in [5, 5.41) is 0. The van der Waals surface area contributed by atoms with Gasteiger partial charge in [-0.05, 0) is 60.3 Å². The molecule has 2 aliphatic rings. The summed E-state index contributed by atoms with van der Waals surface area (Å²) in [6.07, 6.45) is 1.96. The molecule has 1 aliphatic heterocycles. The van der Waals surface area contributed by atoms with Gasteiger partial charge in [0.2, 0.25) is 0 Å². The van der Waals surface area contributed by atoms with Gasteiger partial charge in [-0.1, -0.05) is 0 Å². The van der Waals surface area contributed by atoms with Crippen molar-refractivity contribution in [3.8, 4) is 34.1 Å². The zero-order valence-corrected chi connectivity index (χ0v) is 18.1. The van der Waals surface area contributed by atoms with E-state index in [2.05, 4.69) is 30.1 Å². The first-order valence-electron chi connectivity index (χ1n) is 8.86. The van der Waals surface area contributed by atoms with E-state index in [0.717, 1.165) is 53.5 Å². The maximum absolute atomic E-state index is 5.81. The number of benzene rings is 2. The second-order valence-corrected chi connectivity index (χ2v) is 6.87. The van der Waals surface area contributed by atoms with E-state index in [1.807, 2.05) is 0 Å². The summed E-state index contributed by atoms with van der Waals surface area (Å²) in [6, 6.07) is 6.64. The standard InChI is InChI=1S/C21H25NO4.BrH/c1-22-7-6-12-9-18(25-4)21(26-5)20-14-11-17(24-3)16(23-2)10-13(14)8-15(22)19(12)20;/h9-11,15H,6-8H2,1-5H3;1H/t15-;/m0./s1. The van der Waals surface area contributed by atoms with Gasteiger partial charge < -0.3 is 18.9 Å². The second-order valence-electron chi connectivity index (χ2n) is 6.87. The number of hydrogen-bond donors (Lipinski definition) is 0. The molecule has 0 N–H and O–H groups in total. The third kappa shape index (κ3) is 2.95. The fourth-order valence-electron chi connectivity index (χ4n) is 4.38. The molecule has 0 spiro atoms. The summed E-state index contributed by atoms with van der Waals surface area (Å²) in [7, 11) is 8.94. The first-order chi connectivity index (χ1) is 12.6. The number of rotatable bonds is 4. The summed E-state index contributed by atoms with van der Waals surface area (Å²) in [6.45, 7) is 1.04. The molecule has 1 heterocycles. The Kier molecular flexibility index (Phi) is 5.58. The van der Waals surface area contributed by atoms with E-state index < -0.39 is 0 Å². The Balaban J connectivity index is 0.00000210. The quantitative estimate of drug-likeness (QED) is 0.724. The highest BCUT2D eigenvalue weighted by Gasteiger charge is 2.36. The number of fused-ring (bicyclic) bond motifs is 2. The van der Waals surface area contributed by atoms with Crippen LogP contribution in [0.5, 0.6) is 23.0 Å². The highest BCUT2D eigenvalue weighted by Crippen LogP contribution is 2.53. The van der Waals surface area contributed by atoms with Crippen LogP contribution in [0.1, 0.15) is 22.7 Å². The molecule has 5 nitrogen and oxygen atoms in total. The summed E-state index contributed by atoms with van der Waals surface area (Å²) < 4.78 is 22.6. The molecular weight excluding hydrogens is 410 g/mol. The summed E-state index contributed by atoms with van der Waals surface area (Å²) in [4.78, 5) is 2.43. The van der Waals surface area contributed by atoms with E-state index in [1.54, 1.807) is 28.4 Å². The molecule has 2 aromatic rings. The average molecular weight is 436 g/mol. The van der Waals surface area contributed by atoms with E-state index >= 15 is 0 Å². The second kappa shape index (κ2) is 7.60. The SMILES string of the molecule is Br.COc1cc2c(cc1OC)-c1c(OC)c(OC)cc3c1[C@H](C2)N(C)CC3. The van der Waals surface area contributed by atoms with Gasteiger partial charge in [-0.15, -0.1) is 17.0 Å². The Morgan fingerprint density at radius 1 is 0.852 bits per heavy atom. The summed E-state index contributed by atoms with van der Waals surface area (Å²) in [5.74, 6) is 3.06. The van der Waals surface area contributed by atoms with Crippen LogP contribution in [0, 0.1) is 0 Å². The predicted octanol–water partition coefficient (Wildman–Crippen LogP) is 4.05. The lowest BCUT2D eigenvalue weighted by molar-refractivity contribution is 0.226. The largest absolute Gasteiger partial charge is 0.493 e. The van der Waals surface area contributed by atoms with Crippen molar-refractivity contribution in [3.63, 3.8) is 0 Å². The Morgan fingerprint density at radius 3 is 2.11 bits per heavy atom. The van der Waals surface area contributed by atoms with Gasteiger partial charge in [-0.2, -0.15) is 0 Å². The fraction of sp³-hybridized carbons (Fsp3) is 0.429. The van der Waals surface area contributed by atoms with Crippen LogP contribution in [0.25, 0.3) is 11.1 Å². The van der Waals surface area contributed by atoms with Crippen LogP contribution in [0.2, 0.25) is 0 Å². The zero-order valence-electron chi connectivity index (χ0n) is 16.4. The van der Waals surface area contributed by atoms with Crippen molar-refractivity contribution >= 4 is 17.0 Å². The molecule has 4 rings (SSSR count). The number of hydrogen-bond acceptors (Lipinski definition) is 5. The molecule has 1 atom stereocenters. The molecule has 6 heteroatoms. The van der Waals surface area contributed by atoms with E-state index in [4.69, 9.17) is 18.9 Å². The number of methoxy groups -OCH3 is 4. The van der Waals surface area contributed by atoms with Crippen LogP contribution >= 0.6 is 17.0 Å². The van der Waals surface area contributed by atoms with Gasteiger partial charge in [-0.25, -0.2) is 0 Å². The van der Waals surface area contributed by atoms with Crippen molar-refractivity contribution in [2.75, 3.05) is 42.0 Å². The normalized spacial score (nSPS) is 17.3. The Bertz CT molecular complexity index is 868. The lowest BCUT2D eigenvalue weighted by atomic mass is 9.76. The maximum Gasteiger partial charge on any atom is 0.168 e. The molecular formula is C21H26BrNO4. The molecule has 0 radical (unpaired) electrons. The van der Waals surface area contributed by atoms with Crippen LogP contribution in [-0.4, -0.2) is 46.9 Å². The van der Waals surface area contributed by atoms with Crippen LogP contribution in [0.3, 0.4) is 0 Å². The minimum atomic E-state index is 0. The van der Waals surface area contributed by atoms with Gasteiger partial charge >= 0.3 is 0 Å². The van der Waals surface area contributed by atoms with Gasteiger partial charge in [-0.3, -0.25) is 4.90 Å². The van der Waals surface area contributed by atoms with Crippen molar-refractivity contribution in [3.05, 3.63) is 34.9 Å². The molecule has 0 aromatic heterocycles. The zero-order chi connectivity index (χ0) is 18.4.